The number of anilines is 1. The van der Waals surface area contributed by atoms with Crippen molar-refractivity contribution in [3.63, 3.8) is 0 Å². The van der Waals surface area contributed by atoms with E-state index in [-0.39, 0.29) is 17.5 Å². The maximum absolute atomic E-state index is 13.5. The number of amidine groups is 1. The highest BCUT2D eigenvalue weighted by Crippen LogP contribution is 2.30. The van der Waals surface area contributed by atoms with Crippen LogP contribution < -0.4 is 11.1 Å². The Bertz CT molecular complexity index is 1520. The van der Waals surface area contributed by atoms with Crippen LogP contribution in [-0.2, 0) is 21.1 Å². The molecule has 0 bridgehead atoms. The molecule has 0 aliphatic carbocycles. The van der Waals surface area contributed by atoms with E-state index in [0.29, 0.717) is 28.1 Å². The van der Waals surface area contributed by atoms with Crippen molar-refractivity contribution in [2.75, 3.05) is 11.1 Å². The van der Waals surface area contributed by atoms with Crippen LogP contribution in [0.5, 0.6) is 0 Å². The Balaban J connectivity index is 1.59. The minimum atomic E-state index is -3.38. The normalized spacial score (nSPS) is 12.0. The van der Waals surface area contributed by atoms with Crippen molar-refractivity contribution in [1.82, 2.24) is 0 Å². The minimum Gasteiger partial charge on any atom is -0.384 e. The van der Waals surface area contributed by atoms with Crippen molar-refractivity contribution in [2.45, 2.75) is 24.2 Å². The Hall–Kier alpha value is -4.23. The smallest absolute Gasteiger partial charge is 0.232 e. The maximum atomic E-state index is 13.5. The van der Waals surface area contributed by atoms with Crippen molar-refractivity contribution in [3.8, 4) is 11.1 Å². The van der Waals surface area contributed by atoms with Gasteiger partial charge in [0.15, 0.2) is 9.84 Å². The zero-order chi connectivity index (χ0) is 26.4. The zero-order valence-electron chi connectivity index (χ0n) is 20.5. The van der Waals surface area contributed by atoms with Gasteiger partial charge >= 0.3 is 0 Å². The summed E-state index contributed by atoms with van der Waals surface area (Å²) in [5.74, 6) is -0.621. The zero-order valence-corrected chi connectivity index (χ0v) is 21.3. The molecule has 6 nitrogen and oxygen atoms in total. The Morgan fingerprint density at radius 2 is 1.57 bits per heavy atom. The van der Waals surface area contributed by atoms with Crippen LogP contribution in [0.2, 0.25) is 0 Å². The van der Waals surface area contributed by atoms with E-state index in [4.69, 9.17) is 11.1 Å². The van der Waals surface area contributed by atoms with Gasteiger partial charge in [0.05, 0.1) is 16.6 Å². The van der Waals surface area contributed by atoms with Crippen LogP contribution >= 0.6 is 0 Å². The lowest BCUT2D eigenvalue weighted by atomic mass is 9.90. The fourth-order valence-electron chi connectivity index (χ4n) is 4.24. The third-order valence-electron chi connectivity index (χ3n) is 6.26. The highest BCUT2D eigenvalue weighted by Gasteiger charge is 2.22. The fourth-order valence-corrected chi connectivity index (χ4v) is 5.36. The van der Waals surface area contributed by atoms with Crippen LogP contribution in [0.25, 0.3) is 11.1 Å². The van der Waals surface area contributed by atoms with Crippen LogP contribution in [0.3, 0.4) is 0 Å². The second-order valence-corrected chi connectivity index (χ2v) is 11.0. The molecule has 0 aliphatic rings. The van der Waals surface area contributed by atoms with Crippen molar-refractivity contribution in [2.24, 2.45) is 5.73 Å². The van der Waals surface area contributed by atoms with Gasteiger partial charge in [0.2, 0.25) is 5.91 Å². The molecule has 7 heteroatoms. The summed E-state index contributed by atoms with van der Waals surface area (Å²) >= 11 is 0. The molecule has 4 aromatic rings. The number of benzene rings is 4. The molecule has 1 unspecified atom stereocenters. The van der Waals surface area contributed by atoms with Gasteiger partial charge in [0, 0.05) is 16.8 Å². The van der Waals surface area contributed by atoms with E-state index < -0.39 is 15.8 Å². The topological polar surface area (TPSA) is 113 Å². The Morgan fingerprint density at radius 1 is 0.892 bits per heavy atom. The molecule has 0 aromatic heterocycles. The number of amides is 1. The first-order valence-electron chi connectivity index (χ1n) is 12.0. The monoisotopic (exact) mass is 511 g/mol. The van der Waals surface area contributed by atoms with Crippen molar-refractivity contribution >= 4 is 27.3 Å². The fraction of sp³-hybridized carbons (Fsp3) is 0.133. The van der Waals surface area contributed by atoms with Gasteiger partial charge in [-0.15, -0.1) is 0 Å². The molecular formula is C30H29N3O3S. The van der Waals surface area contributed by atoms with Gasteiger partial charge in [0.1, 0.15) is 5.84 Å². The van der Waals surface area contributed by atoms with Crippen molar-refractivity contribution in [1.29, 1.82) is 5.41 Å². The van der Waals surface area contributed by atoms with Crippen LogP contribution in [-0.4, -0.2) is 25.9 Å². The largest absolute Gasteiger partial charge is 0.384 e. The summed E-state index contributed by atoms with van der Waals surface area (Å²) in [5, 5.41) is 10.7. The molecule has 0 spiro atoms. The van der Waals surface area contributed by atoms with Gasteiger partial charge in [-0.1, -0.05) is 85.8 Å². The molecule has 37 heavy (non-hydrogen) atoms. The van der Waals surface area contributed by atoms with Crippen molar-refractivity contribution in [3.05, 3.63) is 120 Å². The molecule has 0 saturated carbocycles. The number of rotatable bonds is 9. The predicted molar refractivity (Wildman–Crippen MR) is 149 cm³/mol. The van der Waals surface area contributed by atoms with Crippen molar-refractivity contribution < 1.29 is 13.2 Å². The molecular weight excluding hydrogens is 482 g/mol. The SMILES string of the molecule is CCS(=O)(=O)c1ccccc1-c1ccc(NC(=O)C(Cc2cccc(C(=N)N)c2)c2ccccc2)cc1. The average Bonchev–Trinajstić information content (AvgIpc) is 2.92. The van der Waals surface area contributed by atoms with E-state index in [9.17, 15) is 13.2 Å². The molecule has 4 N–H and O–H groups in total. The standard InChI is InChI=1S/C30H29N3O3S/c1-2-37(35,36)28-14-7-6-13-26(28)23-15-17-25(18-16-23)33-30(34)27(22-10-4-3-5-11-22)20-21-9-8-12-24(19-21)29(31)32/h3-19,27H,2,20H2,1H3,(H3,31,32)(H,33,34). The molecule has 0 saturated heterocycles. The third-order valence-corrected chi connectivity index (χ3v) is 8.05. The first kappa shape index (κ1) is 25.9. The molecule has 1 atom stereocenters. The van der Waals surface area contributed by atoms with E-state index in [1.54, 1.807) is 43.3 Å². The summed E-state index contributed by atoms with van der Waals surface area (Å²) in [6.07, 6.45) is 0.442. The van der Waals surface area contributed by atoms with E-state index in [1.165, 1.54) is 0 Å². The quantitative estimate of drug-likeness (QED) is 0.206. The van der Waals surface area contributed by atoms with Crippen LogP contribution in [0.4, 0.5) is 5.69 Å². The second-order valence-electron chi connectivity index (χ2n) is 8.75. The summed E-state index contributed by atoms with van der Waals surface area (Å²) in [7, 11) is -3.38. The lowest BCUT2D eigenvalue weighted by molar-refractivity contribution is -0.117. The van der Waals surface area contributed by atoms with Gasteiger partial charge in [-0.05, 0) is 47.4 Å². The van der Waals surface area contributed by atoms with Crippen LogP contribution in [0, 0.1) is 5.41 Å². The summed E-state index contributed by atoms with van der Waals surface area (Å²) in [6.45, 7) is 1.63. The molecule has 4 aromatic carbocycles. The Labute approximate surface area is 217 Å². The first-order valence-corrected chi connectivity index (χ1v) is 13.6. The van der Waals surface area contributed by atoms with Gasteiger partial charge in [-0.2, -0.15) is 0 Å². The minimum absolute atomic E-state index is 0.0176. The summed E-state index contributed by atoms with van der Waals surface area (Å²) < 4.78 is 25.1. The van der Waals surface area contributed by atoms with Gasteiger partial charge < -0.3 is 11.1 Å². The average molecular weight is 512 g/mol. The van der Waals surface area contributed by atoms with E-state index in [1.807, 2.05) is 66.7 Å². The summed E-state index contributed by atoms with van der Waals surface area (Å²) in [4.78, 5) is 13.8. The first-order chi connectivity index (χ1) is 17.8. The van der Waals surface area contributed by atoms with Gasteiger partial charge in [0.25, 0.3) is 0 Å². The number of sulfone groups is 1. The highest BCUT2D eigenvalue weighted by atomic mass is 32.2. The van der Waals surface area contributed by atoms with E-state index >= 15 is 0 Å². The number of nitrogen functional groups attached to an aromatic ring is 1. The second kappa shape index (κ2) is 11.2. The molecule has 0 fully saturated rings. The molecule has 0 heterocycles. The van der Waals surface area contributed by atoms with E-state index in [2.05, 4.69) is 5.32 Å². The lowest BCUT2D eigenvalue weighted by Crippen LogP contribution is -2.23. The molecule has 188 valence electrons. The highest BCUT2D eigenvalue weighted by molar-refractivity contribution is 7.91. The maximum Gasteiger partial charge on any atom is 0.232 e. The van der Waals surface area contributed by atoms with Gasteiger partial charge in [-0.25, -0.2) is 8.42 Å². The third kappa shape index (κ3) is 6.13. The van der Waals surface area contributed by atoms with Gasteiger partial charge in [-0.3, -0.25) is 10.2 Å². The lowest BCUT2D eigenvalue weighted by Gasteiger charge is -2.18. The molecule has 1 amide bonds. The molecule has 4 rings (SSSR count). The Kier molecular flexibility index (Phi) is 7.84. The number of hydrogen-bond acceptors (Lipinski definition) is 4. The predicted octanol–water partition coefficient (Wildman–Crippen LogP) is 5.40. The van der Waals surface area contributed by atoms with Crippen LogP contribution in [0.15, 0.2) is 108 Å². The molecule has 0 radical (unpaired) electrons. The number of carbonyl (C=O) groups excluding carboxylic acids is 1. The van der Waals surface area contributed by atoms with Crippen LogP contribution in [0.1, 0.15) is 29.5 Å². The summed E-state index contributed by atoms with van der Waals surface area (Å²) in [5.41, 5.74) is 10.1. The number of nitrogens with one attached hydrogen (secondary N) is 2. The Morgan fingerprint density at radius 3 is 2.24 bits per heavy atom. The number of hydrogen-bond donors (Lipinski definition) is 3. The summed E-state index contributed by atoms with van der Waals surface area (Å²) in [6, 6.07) is 31.0. The number of nitrogens with two attached hydrogens (primary N) is 1. The number of carbonyl (C=O) groups is 1. The van der Waals surface area contributed by atoms with E-state index in [0.717, 1.165) is 16.7 Å². The molecule has 0 aliphatic heterocycles.